The number of rotatable bonds is 6. The van der Waals surface area contributed by atoms with Crippen LogP contribution < -0.4 is 10.6 Å². The molecule has 0 aliphatic carbocycles. The fraction of sp³-hybridized carbons (Fsp3) is 0.333. The number of amides is 1. The Morgan fingerprint density at radius 1 is 1.33 bits per heavy atom. The van der Waals surface area contributed by atoms with Crippen molar-refractivity contribution in [3.8, 4) is 0 Å². The third kappa shape index (κ3) is 3.42. The van der Waals surface area contributed by atoms with Crippen molar-refractivity contribution in [3.05, 3.63) is 48.5 Å². The molecule has 3 rings (SSSR count). The summed E-state index contributed by atoms with van der Waals surface area (Å²) in [5.41, 5.74) is 1.66. The Morgan fingerprint density at radius 3 is 2.83 bits per heavy atom. The van der Waals surface area contributed by atoms with Gasteiger partial charge in [0.25, 0.3) is 0 Å². The number of fused-ring (bicyclic) bond motifs is 1. The molecular weight excluding hydrogens is 304 g/mol. The largest absolute Gasteiger partial charge is 0.459 e. The number of furan rings is 1. The highest BCUT2D eigenvalue weighted by atomic mass is 16.3. The molecule has 6 nitrogen and oxygen atoms in total. The van der Waals surface area contributed by atoms with E-state index in [-0.39, 0.29) is 18.0 Å². The minimum Gasteiger partial charge on any atom is -0.459 e. The van der Waals surface area contributed by atoms with Gasteiger partial charge in [0.2, 0.25) is 5.91 Å². The lowest BCUT2D eigenvalue weighted by Gasteiger charge is -2.17. The second-order valence-corrected chi connectivity index (χ2v) is 5.87. The Balaban J connectivity index is 1.62. The summed E-state index contributed by atoms with van der Waals surface area (Å²) in [4.78, 5) is 12.4. The molecule has 24 heavy (non-hydrogen) atoms. The lowest BCUT2D eigenvalue weighted by Crippen LogP contribution is -2.38. The van der Waals surface area contributed by atoms with Crippen LogP contribution in [0, 0.1) is 0 Å². The fourth-order valence-electron chi connectivity index (χ4n) is 2.55. The van der Waals surface area contributed by atoms with Crippen molar-refractivity contribution in [3.63, 3.8) is 0 Å². The molecule has 0 spiro atoms. The first-order valence-electron chi connectivity index (χ1n) is 8.14. The van der Waals surface area contributed by atoms with Gasteiger partial charge in [0, 0.05) is 18.1 Å². The van der Waals surface area contributed by atoms with Crippen LogP contribution in [0.4, 0.5) is 5.69 Å². The zero-order valence-corrected chi connectivity index (χ0v) is 14.1. The van der Waals surface area contributed by atoms with E-state index in [0.717, 1.165) is 29.0 Å². The maximum Gasteiger partial charge on any atom is 0.242 e. The summed E-state index contributed by atoms with van der Waals surface area (Å²) in [6, 6.07) is 9.20. The summed E-state index contributed by atoms with van der Waals surface area (Å²) in [7, 11) is 0. The predicted molar refractivity (Wildman–Crippen MR) is 93.8 cm³/mol. The maximum atomic E-state index is 12.4. The van der Waals surface area contributed by atoms with E-state index < -0.39 is 0 Å². The van der Waals surface area contributed by atoms with Gasteiger partial charge >= 0.3 is 0 Å². The summed E-state index contributed by atoms with van der Waals surface area (Å²) >= 11 is 0. The molecule has 3 aromatic rings. The molecule has 2 aromatic heterocycles. The number of nitrogens with one attached hydrogen (secondary N) is 2. The van der Waals surface area contributed by atoms with Crippen molar-refractivity contribution < 1.29 is 9.21 Å². The van der Waals surface area contributed by atoms with Crippen LogP contribution in [0.25, 0.3) is 11.0 Å². The molecular formula is C18H22N4O2. The van der Waals surface area contributed by atoms with Gasteiger partial charge in [0.15, 0.2) is 0 Å². The second-order valence-electron chi connectivity index (χ2n) is 5.87. The van der Waals surface area contributed by atoms with Crippen LogP contribution in [-0.2, 0) is 11.3 Å². The molecule has 0 aliphatic heterocycles. The number of anilines is 1. The van der Waals surface area contributed by atoms with E-state index >= 15 is 0 Å². The van der Waals surface area contributed by atoms with E-state index in [1.54, 1.807) is 6.20 Å². The third-order valence-corrected chi connectivity index (χ3v) is 3.96. The maximum absolute atomic E-state index is 12.4. The summed E-state index contributed by atoms with van der Waals surface area (Å²) in [5, 5.41) is 11.4. The van der Waals surface area contributed by atoms with Crippen molar-refractivity contribution in [2.75, 3.05) is 5.32 Å². The molecule has 0 fully saturated rings. The van der Waals surface area contributed by atoms with Gasteiger partial charge in [0.05, 0.1) is 17.9 Å². The van der Waals surface area contributed by atoms with Crippen molar-refractivity contribution in [1.29, 1.82) is 0 Å². The van der Waals surface area contributed by atoms with Gasteiger partial charge in [-0.25, -0.2) is 0 Å². The number of carbonyl (C=O) groups excluding carboxylic acids is 1. The first kappa shape index (κ1) is 16.1. The molecule has 2 heterocycles. The SMILES string of the molecule is CCn1cc(N[C@H](C)C(=O)N[C@H](C)c2cc3ccccc3o2)cn1. The van der Waals surface area contributed by atoms with Crippen molar-refractivity contribution in [1.82, 2.24) is 15.1 Å². The number of nitrogens with zero attached hydrogens (tertiary/aromatic N) is 2. The highest BCUT2D eigenvalue weighted by Crippen LogP contribution is 2.23. The lowest BCUT2D eigenvalue weighted by molar-refractivity contribution is -0.122. The van der Waals surface area contributed by atoms with E-state index in [2.05, 4.69) is 15.7 Å². The van der Waals surface area contributed by atoms with Gasteiger partial charge in [-0.1, -0.05) is 18.2 Å². The smallest absolute Gasteiger partial charge is 0.242 e. The average molecular weight is 326 g/mol. The Bertz CT molecular complexity index is 803. The average Bonchev–Trinajstić information content (AvgIpc) is 3.20. The normalized spacial score (nSPS) is 13.6. The van der Waals surface area contributed by atoms with Gasteiger partial charge in [-0.15, -0.1) is 0 Å². The molecule has 1 amide bonds. The van der Waals surface area contributed by atoms with E-state index in [0.29, 0.717) is 0 Å². The molecule has 126 valence electrons. The Kier molecular flexibility index (Phi) is 4.55. The molecule has 1 aromatic carbocycles. The van der Waals surface area contributed by atoms with Crippen LogP contribution in [0.5, 0.6) is 0 Å². The van der Waals surface area contributed by atoms with Crippen LogP contribution in [0.3, 0.4) is 0 Å². The van der Waals surface area contributed by atoms with Crippen LogP contribution in [0.15, 0.2) is 47.1 Å². The fourth-order valence-corrected chi connectivity index (χ4v) is 2.55. The van der Waals surface area contributed by atoms with Crippen molar-refractivity contribution in [2.45, 2.75) is 39.4 Å². The van der Waals surface area contributed by atoms with Crippen LogP contribution in [-0.4, -0.2) is 21.7 Å². The Hall–Kier alpha value is -2.76. The summed E-state index contributed by atoms with van der Waals surface area (Å²) < 4.78 is 7.61. The van der Waals surface area contributed by atoms with Crippen molar-refractivity contribution in [2.24, 2.45) is 0 Å². The highest BCUT2D eigenvalue weighted by molar-refractivity contribution is 5.84. The van der Waals surface area contributed by atoms with E-state index in [1.807, 2.05) is 62.0 Å². The minimum atomic E-state index is -0.369. The number of para-hydroxylation sites is 1. The highest BCUT2D eigenvalue weighted by Gasteiger charge is 2.18. The van der Waals surface area contributed by atoms with E-state index in [9.17, 15) is 4.79 Å². The number of hydrogen-bond donors (Lipinski definition) is 2. The molecule has 0 radical (unpaired) electrons. The molecule has 0 bridgehead atoms. The number of benzene rings is 1. The van der Waals surface area contributed by atoms with Crippen LogP contribution in [0.1, 0.15) is 32.6 Å². The molecule has 0 saturated heterocycles. The molecule has 2 atom stereocenters. The lowest BCUT2D eigenvalue weighted by atomic mass is 10.2. The molecule has 0 saturated carbocycles. The van der Waals surface area contributed by atoms with Gasteiger partial charge in [0.1, 0.15) is 17.4 Å². The number of aromatic nitrogens is 2. The van der Waals surface area contributed by atoms with Crippen LogP contribution >= 0.6 is 0 Å². The standard InChI is InChI=1S/C18H22N4O2/c1-4-22-11-15(10-19-22)20-13(3)18(23)21-12(2)17-9-14-7-5-6-8-16(14)24-17/h5-13,20H,4H2,1-3H3,(H,21,23)/t12-,13-/m1/s1. The van der Waals surface area contributed by atoms with Crippen LogP contribution in [0.2, 0.25) is 0 Å². The third-order valence-electron chi connectivity index (χ3n) is 3.96. The van der Waals surface area contributed by atoms with Gasteiger partial charge in [-0.3, -0.25) is 9.48 Å². The van der Waals surface area contributed by atoms with E-state index in [4.69, 9.17) is 4.42 Å². The van der Waals surface area contributed by atoms with Gasteiger partial charge in [-0.2, -0.15) is 5.10 Å². The quantitative estimate of drug-likeness (QED) is 0.729. The van der Waals surface area contributed by atoms with Crippen molar-refractivity contribution >= 4 is 22.6 Å². The zero-order chi connectivity index (χ0) is 17.1. The molecule has 6 heteroatoms. The topological polar surface area (TPSA) is 72.1 Å². The molecule has 0 unspecified atom stereocenters. The number of aryl methyl sites for hydroxylation is 1. The zero-order valence-electron chi connectivity index (χ0n) is 14.1. The number of carbonyl (C=O) groups is 1. The minimum absolute atomic E-state index is 0.0906. The Morgan fingerprint density at radius 2 is 2.12 bits per heavy atom. The van der Waals surface area contributed by atoms with E-state index in [1.165, 1.54) is 0 Å². The van der Waals surface area contributed by atoms with Gasteiger partial charge in [-0.05, 0) is 32.9 Å². The Labute approximate surface area is 140 Å². The monoisotopic (exact) mass is 326 g/mol. The molecule has 2 N–H and O–H groups in total. The first-order valence-corrected chi connectivity index (χ1v) is 8.14. The second kappa shape index (κ2) is 6.78. The molecule has 0 aliphatic rings. The van der Waals surface area contributed by atoms with Gasteiger partial charge < -0.3 is 15.1 Å². The number of hydrogen-bond acceptors (Lipinski definition) is 4. The summed E-state index contributed by atoms with van der Waals surface area (Å²) in [5.74, 6) is 0.655. The summed E-state index contributed by atoms with van der Waals surface area (Å²) in [6.45, 7) is 6.55. The predicted octanol–water partition coefficient (Wildman–Crippen LogP) is 3.33. The first-order chi connectivity index (χ1) is 11.6. The summed E-state index contributed by atoms with van der Waals surface area (Å²) in [6.07, 6.45) is 3.60.